The third-order valence-electron chi connectivity index (χ3n) is 3.62. The molecule has 2 aromatic carbocycles. The van der Waals surface area contributed by atoms with E-state index in [-0.39, 0.29) is 18.9 Å². The summed E-state index contributed by atoms with van der Waals surface area (Å²) >= 11 is 0. The predicted molar refractivity (Wildman–Crippen MR) is 78.4 cm³/mol. The molecule has 0 aliphatic rings. The molecule has 0 saturated heterocycles. The van der Waals surface area contributed by atoms with Crippen molar-refractivity contribution in [3.8, 4) is 0 Å². The topological polar surface area (TPSA) is 35.6 Å². The van der Waals surface area contributed by atoms with Gasteiger partial charge in [-0.05, 0) is 19.2 Å². The molecule has 4 rings (SSSR count). The summed E-state index contributed by atoms with van der Waals surface area (Å²) in [4.78, 5) is 0. The second-order valence-corrected chi connectivity index (χ2v) is 4.90. The van der Waals surface area contributed by atoms with Crippen LogP contribution >= 0.6 is 0 Å². The summed E-state index contributed by atoms with van der Waals surface area (Å²) < 4.78 is 3.96. The Morgan fingerprint density at radius 3 is 2.57 bits per heavy atom. The number of para-hydroxylation sites is 2. The Balaban J connectivity index is 0.00000132. The van der Waals surface area contributed by atoms with E-state index < -0.39 is 0 Å². The fraction of sp³-hybridized carbons (Fsp3) is 0.125. The predicted octanol–water partition coefficient (Wildman–Crippen LogP) is -0.225. The van der Waals surface area contributed by atoms with Crippen molar-refractivity contribution in [1.29, 1.82) is 0 Å². The van der Waals surface area contributed by atoms with E-state index >= 15 is 0 Å². The smallest absolute Gasteiger partial charge is 0.466 e. The number of nitrogens with zero attached hydrogens (tertiary/aromatic N) is 4. The molecule has 0 amide bonds. The maximum atomic E-state index is 4.24. The molecule has 0 fully saturated rings. The molecule has 4 aromatic rings. The van der Waals surface area contributed by atoms with Gasteiger partial charge in [-0.15, -0.1) is 33.7 Å². The minimum Gasteiger partial charge on any atom is -0.466 e. The summed E-state index contributed by atoms with van der Waals surface area (Å²) in [5.74, 6) is 0. The van der Waals surface area contributed by atoms with Crippen molar-refractivity contribution in [2.45, 2.75) is 6.54 Å². The fourth-order valence-corrected chi connectivity index (χ4v) is 2.65. The average Bonchev–Trinajstić information content (AvgIpc) is 3.03. The number of hydrogen-bond acceptors (Lipinski definition) is 2. The van der Waals surface area contributed by atoms with Crippen LogP contribution in [0.15, 0.2) is 48.5 Å². The zero-order valence-electron chi connectivity index (χ0n) is 12.1. The normalized spacial score (nSPS) is 10.9. The van der Waals surface area contributed by atoms with Gasteiger partial charge in [0, 0.05) is 6.54 Å². The van der Waals surface area contributed by atoms with Crippen LogP contribution in [0, 0.1) is 6.20 Å². The molecule has 4 nitrogen and oxygen atoms in total. The van der Waals surface area contributed by atoms with Gasteiger partial charge in [0.05, 0.1) is 5.52 Å². The third kappa shape index (κ3) is 2.27. The molecule has 0 saturated carbocycles. The first-order valence-corrected chi connectivity index (χ1v) is 6.57. The van der Waals surface area contributed by atoms with Gasteiger partial charge in [-0.1, -0.05) is 35.7 Å². The Hall–Kier alpha value is -2.02. The van der Waals surface area contributed by atoms with Crippen LogP contribution in [0.25, 0.3) is 21.9 Å². The summed E-state index contributed by atoms with van der Waals surface area (Å²) in [5.41, 5.74) is 4.30. The monoisotopic (exact) mass is 268 g/mol. The number of aryl methyl sites for hydroxylation is 1. The van der Waals surface area contributed by atoms with E-state index in [0.717, 1.165) is 16.6 Å². The van der Waals surface area contributed by atoms with Crippen molar-refractivity contribution >= 4 is 21.9 Å². The molecule has 0 aliphatic heterocycles. The van der Waals surface area contributed by atoms with E-state index in [4.69, 9.17) is 0 Å². The second-order valence-electron chi connectivity index (χ2n) is 4.90. The standard InChI is InChI=1S/C16H13N4.Li/c1-19-10-12(13-6-2-4-8-15(13)19)11-20-16-9-5-3-7-14(16)17-18-20;/h2-9H,11H2,1H3;/q-1;+1. The van der Waals surface area contributed by atoms with Crippen molar-refractivity contribution in [3.05, 3.63) is 60.3 Å². The van der Waals surface area contributed by atoms with Crippen molar-refractivity contribution in [2.75, 3.05) is 0 Å². The Kier molecular flexibility index (Phi) is 3.58. The number of aromatic nitrogens is 4. The van der Waals surface area contributed by atoms with Crippen molar-refractivity contribution in [2.24, 2.45) is 7.05 Å². The SMILES string of the molecule is Cn1[c-]c(Cn2nnc3ccccc32)c2ccccc21.[Li+]. The van der Waals surface area contributed by atoms with Crippen LogP contribution < -0.4 is 18.9 Å². The Labute approximate surface area is 134 Å². The molecule has 98 valence electrons. The van der Waals surface area contributed by atoms with Crippen molar-refractivity contribution < 1.29 is 18.9 Å². The maximum Gasteiger partial charge on any atom is 1.00 e. The minimum atomic E-state index is 0. The van der Waals surface area contributed by atoms with Crippen LogP contribution in [0.1, 0.15) is 5.56 Å². The van der Waals surface area contributed by atoms with E-state index in [1.54, 1.807) is 0 Å². The number of rotatable bonds is 2. The molecule has 0 aliphatic carbocycles. The molecule has 0 spiro atoms. The van der Waals surface area contributed by atoms with E-state index in [1.807, 2.05) is 46.6 Å². The van der Waals surface area contributed by atoms with Crippen molar-refractivity contribution in [1.82, 2.24) is 19.6 Å². The zero-order valence-corrected chi connectivity index (χ0v) is 12.1. The first kappa shape index (κ1) is 13.9. The van der Waals surface area contributed by atoms with Gasteiger partial charge < -0.3 is 4.57 Å². The minimum absolute atomic E-state index is 0. The molecule has 0 bridgehead atoms. The molecule has 2 aromatic heterocycles. The van der Waals surface area contributed by atoms with Gasteiger partial charge in [0.25, 0.3) is 0 Å². The molecule has 21 heavy (non-hydrogen) atoms. The van der Waals surface area contributed by atoms with Crippen LogP contribution in [-0.4, -0.2) is 19.6 Å². The molecular weight excluding hydrogens is 255 g/mol. The van der Waals surface area contributed by atoms with Gasteiger partial charge in [0.15, 0.2) is 0 Å². The average molecular weight is 268 g/mol. The van der Waals surface area contributed by atoms with Crippen molar-refractivity contribution in [3.63, 3.8) is 0 Å². The largest absolute Gasteiger partial charge is 1.00 e. The molecule has 0 radical (unpaired) electrons. The molecular formula is C16H13LiN4. The zero-order chi connectivity index (χ0) is 13.5. The van der Waals surface area contributed by atoms with Gasteiger partial charge in [-0.25, -0.2) is 4.68 Å². The van der Waals surface area contributed by atoms with Gasteiger partial charge in [-0.3, -0.25) is 0 Å². The van der Waals surface area contributed by atoms with Crippen LogP contribution in [-0.2, 0) is 13.6 Å². The van der Waals surface area contributed by atoms with Gasteiger partial charge in [0.2, 0.25) is 0 Å². The molecule has 5 heteroatoms. The number of hydrogen-bond donors (Lipinski definition) is 0. The van der Waals surface area contributed by atoms with E-state index in [1.165, 1.54) is 10.9 Å². The molecule has 0 unspecified atom stereocenters. The van der Waals surface area contributed by atoms with E-state index in [9.17, 15) is 0 Å². The Bertz CT molecular complexity index is 907. The quantitative estimate of drug-likeness (QED) is 0.372. The van der Waals surface area contributed by atoms with E-state index in [2.05, 4.69) is 34.7 Å². The molecule has 0 atom stereocenters. The number of fused-ring (bicyclic) bond motifs is 2. The third-order valence-corrected chi connectivity index (χ3v) is 3.62. The first-order chi connectivity index (χ1) is 9.83. The number of benzene rings is 2. The van der Waals surface area contributed by atoms with Gasteiger partial charge >= 0.3 is 18.9 Å². The van der Waals surface area contributed by atoms with E-state index in [0.29, 0.717) is 6.54 Å². The van der Waals surface area contributed by atoms with Gasteiger partial charge in [0.1, 0.15) is 5.52 Å². The molecule has 2 heterocycles. The van der Waals surface area contributed by atoms with Gasteiger partial charge in [-0.2, -0.15) is 0 Å². The first-order valence-electron chi connectivity index (χ1n) is 6.57. The maximum absolute atomic E-state index is 4.24. The van der Waals surface area contributed by atoms with Crippen LogP contribution in [0.2, 0.25) is 0 Å². The Morgan fingerprint density at radius 1 is 1.00 bits per heavy atom. The Morgan fingerprint density at radius 2 is 1.71 bits per heavy atom. The summed E-state index contributed by atoms with van der Waals surface area (Å²) in [5, 5.41) is 9.66. The summed E-state index contributed by atoms with van der Waals surface area (Å²) in [7, 11) is 2.02. The second kappa shape index (κ2) is 5.40. The summed E-state index contributed by atoms with van der Waals surface area (Å²) in [6, 6.07) is 16.3. The molecule has 0 N–H and O–H groups in total. The van der Waals surface area contributed by atoms with Crippen LogP contribution in [0.4, 0.5) is 0 Å². The fourth-order valence-electron chi connectivity index (χ4n) is 2.65. The summed E-state index contributed by atoms with van der Waals surface area (Å²) in [6.07, 6.45) is 3.38. The summed E-state index contributed by atoms with van der Waals surface area (Å²) in [6.45, 7) is 0.682. The van der Waals surface area contributed by atoms with Crippen LogP contribution in [0.3, 0.4) is 0 Å². The van der Waals surface area contributed by atoms with Crippen LogP contribution in [0.5, 0.6) is 0 Å².